The van der Waals surface area contributed by atoms with E-state index in [9.17, 15) is 8.42 Å². The zero-order valence-electron chi connectivity index (χ0n) is 9.01. The second-order valence-electron chi connectivity index (χ2n) is 3.38. The van der Waals surface area contributed by atoms with Crippen LogP contribution in [0, 0.1) is 11.3 Å². The van der Waals surface area contributed by atoms with Crippen LogP contribution in [0.3, 0.4) is 0 Å². The summed E-state index contributed by atoms with van der Waals surface area (Å²) in [4.78, 5) is -0.0696. The maximum atomic E-state index is 12.0. The lowest BCUT2D eigenvalue weighted by atomic mass is 10.3. The van der Waals surface area contributed by atoms with Crippen molar-refractivity contribution in [1.82, 2.24) is 14.5 Å². The molecule has 1 unspecified atom stereocenters. The first-order chi connectivity index (χ1) is 7.41. The number of rotatable bonds is 4. The number of aromatic amines is 1. The smallest absolute Gasteiger partial charge is 0.248 e. The number of aromatic nitrogens is 2. The Morgan fingerprint density at radius 3 is 2.81 bits per heavy atom. The molecule has 1 heterocycles. The van der Waals surface area contributed by atoms with Crippen LogP contribution in [0.4, 0.5) is 5.82 Å². The van der Waals surface area contributed by atoms with E-state index in [0.29, 0.717) is 0 Å². The molecule has 8 heteroatoms. The summed E-state index contributed by atoms with van der Waals surface area (Å²) in [6, 6.07) is 1.51. The summed E-state index contributed by atoms with van der Waals surface area (Å²) in [7, 11) is -2.28. The maximum absolute atomic E-state index is 12.0. The third-order valence-electron chi connectivity index (χ3n) is 2.30. The van der Waals surface area contributed by atoms with Gasteiger partial charge in [-0.3, -0.25) is 5.10 Å². The third-order valence-corrected chi connectivity index (χ3v) is 4.30. The van der Waals surface area contributed by atoms with Gasteiger partial charge in [-0.25, -0.2) is 8.42 Å². The molecule has 88 valence electrons. The summed E-state index contributed by atoms with van der Waals surface area (Å²) in [5.41, 5.74) is 5.45. The van der Waals surface area contributed by atoms with Crippen molar-refractivity contribution >= 4 is 15.8 Å². The monoisotopic (exact) mass is 243 g/mol. The first kappa shape index (κ1) is 12.5. The molecule has 0 radical (unpaired) electrons. The van der Waals surface area contributed by atoms with Gasteiger partial charge in [0.2, 0.25) is 10.0 Å². The molecule has 0 saturated heterocycles. The van der Waals surface area contributed by atoms with Crippen molar-refractivity contribution < 1.29 is 8.42 Å². The van der Waals surface area contributed by atoms with Gasteiger partial charge >= 0.3 is 0 Å². The van der Waals surface area contributed by atoms with E-state index in [1.807, 2.05) is 6.07 Å². The molecule has 0 bridgehead atoms. The first-order valence-corrected chi connectivity index (χ1v) is 5.99. The minimum absolute atomic E-state index is 0.00370. The summed E-state index contributed by atoms with van der Waals surface area (Å²) < 4.78 is 25.1. The number of hydrogen-bond donors (Lipinski definition) is 2. The highest BCUT2D eigenvalue weighted by atomic mass is 32.2. The van der Waals surface area contributed by atoms with E-state index in [4.69, 9.17) is 11.0 Å². The van der Waals surface area contributed by atoms with Crippen LogP contribution in [0.25, 0.3) is 0 Å². The van der Waals surface area contributed by atoms with Gasteiger partial charge in [-0.2, -0.15) is 14.7 Å². The minimum Gasteiger partial charge on any atom is -0.383 e. The number of anilines is 1. The Hall–Kier alpha value is -1.59. The van der Waals surface area contributed by atoms with Crippen LogP contribution >= 0.6 is 0 Å². The van der Waals surface area contributed by atoms with Crippen molar-refractivity contribution in [2.24, 2.45) is 0 Å². The fourth-order valence-corrected chi connectivity index (χ4v) is 2.51. The van der Waals surface area contributed by atoms with Crippen LogP contribution < -0.4 is 5.73 Å². The Morgan fingerprint density at radius 2 is 2.38 bits per heavy atom. The SMILES string of the molecule is CC(CC#N)N(C)S(=O)(=O)c1cn[nH]c1N. The molecule has 0 amide bonds. The normalized spacial score (nSPS) is 13.6. The molecular formula is C8H13N5O2S. The highest BCUT2D eigenvalue weighted by Gasteiger charge is 2.28. The lowest BCUT2D eigenvalue weighted by molar-refractivity contribution is 0.393. The number of nitrogens with one attached hydrogen (secondary N) is 1. The van der Waals surface area contributed by atoms with Gasteiger partial charge in [-0.05, 0) is 6.92 Å². The molecule has 7 nitrogen and oxygen atoms in total. The predicted octanol–water partition coefficient (Wildman–Crippen LogP) is -0.0854. The van der Waals surface area contributed by atoms with E-state index in [-0.39, 0.29) is 17.1 Å². The molecule has 0 aliphatic rings. The molecule has 0 aromatic carbocycles. The maximum Gasteiger partial charge on any atom is 0.248 e. The molecule has 1 aromatic rings. The molecule has 1 aromatic heterocycles. The summed E-state index contributed by atoms with van der Waals surface area (Å²) in [6.45, 7) is 1.65. The zero-order valence-corrected chi connectivity index (χ0v) is 9.82. The lowest BCUT2D eigenvalue weighted by Crippen LogP contribution is -2.35. The molecule has 1 atom stereocenters. The molecule has 16 heavy (non-hydrogen) atoms. The largest absolute Gasteiger partial charge is 0.383 e. The van der Waals surface area contributed by atoms with Gasteiger partial charge in [0.05, 0.1) is 18.7 Å². The number of hydrogen-bond acceptors (Lipinski definition) is 5. The molecule has 1 rings (SSSR count). The molecule has 0 spiro atoms. The highest BCUT2D eigenvalue weighted by Crippen LogP contribution is 2.20. The van der Waals surface area contributed by atoms with E-state index < -0.39 is 16.1 Å². The van der Waals surface area contributed by atoms with Gasteiger partial charge in [-0.1, -0.05) is 0 Å². The second-order valence-corrected chi connectivity index (χ2v) is 5.35. The molecular weight excluding hydrogens is 230 g/mol. The van der Waals surface area contributed by atoms with Crippen molar-refractivity contribution in [3.05, 3.63) is 6.20 Å². The van der Waals surface area contributed by atoms with Crippen molar-refractivity contribution in [3.8, 4) is 6.07 Å². The molecule has 0 fully saturated rings. The Balaban J connectivity index is 3.05. The van der Waals surface area contributed by atoms with E-state index in [2.05, 4.69) is 10.2 Å². The van der Waals surface area contributed by atoms with Gasteiger partial charge in [0.25, 0.3) is 0 Å². The van der Waals surface area contributed by atoms with E-state index >= 15 is 0 Å². The molecule has 0 aliphatic heterocycles. The predicted molar refractivity (Wildman–Crippen MR) is 57.6 cm³/mol. The highest BCUT2D eigenvalue weighted by molar-refractivity contribution is 7.89. The van der Waals surface area contributed by atoms with Crippen molar-refractivity contribution in [3.63, 3.8) is 0 Å². The standard InChI is InChI=1S/C8H13N5O2S/c1-6(3-4-9)13(2)16(14,15)7-5-11-12-8(7)10/h5-6H,3H2,1-2H3,(H3,10,11,12). The number of nitrogens with zero attached hydrogens (tertiary/aromatic N) is 3. The number of nitrogen functional groups attached to an aromatic ring is 1. The summed E-state index contributed by atoms with van der Waals surface area (Å²) in [6.07, 6.45) is 1.27. The number of sulfonamides is 1. The Bertz CT molecular complexity index is 501. The third kappa shape index (κ3) is 2.15. The van der Waals surface area contributed by atoms with Crippen LogP contribution in [0.5, 0.6) is 0 Å². The Kier molecular flexibility index (Phi) is 3.51. The molecule has 0 aliphatic carbocycles. The first-order valence-electron chi connectivity index (χ1n) is 4.55. The van der Waals surface area contributed by atoms with Gasteiger partial charge in [-0.15, -0.1) is 0 Å². The van der Waals surface area contributed by atoms with E-state index in [1.54, 1.807) is 6.92 Å². The van der Waals surface area contributed by atoms with Crippen molar-refractivity contribution in [2.75, 3.05) is 12.8 Å². The van der Waals surface area contributed by atoms with Gasteiger partial charge < -0.3 is 5.73 Å². The van der Waals surface area contributed by atoms with Crippen LogP contribution in [0.2, 0.25) is 0 Å². The molecule has 0 saturated carbocycles. The molecule has 3 N–H and O–H groups in total. The van der Waals surface area contributed by atoms with Crippen molar-refractivity contribution in [2.45, 2.75) is 24.3 Å². The minimum atomic E-state index is -3.68. The zero-order chi connectivity index (χ0) is 12.3. The van der Waals surface area contributed by atoms with Crippen molar-refractivity contribution in [1.29, 1.82) is 5.26 Å². The number of nitriles is 1. The van der Waals surface area contributed by atoms with Crippen LogP contribution in [-0.4, -0.2) is 36.0 Å². The van der Waals surface area contributed by atoms with Crippen LogP contribution in [-0.2, 0) is 10.0 Å². The summed E-state index contributed by atoms with van der Waals surface area (Å²) in [5.74, 6) is -0.00370. The fraction of sp³-hybridized carbons (Fsp3) is 0.500. The number of nitrogens with two attached hydrogens (primary N) is 1. The quantitative estimate of drug-likeness (QED) is 0.766. The Labute approximate surface area is 93.9 Å². The summed E-state index contributed by atoms with van der Waals surface area (Å²) >= 11 is 0. The summed E-state index contributed by atoms with van der Waals surface area (Å²) in [5, 5.41) is 14.4. The van der Waals surface area contributed by atoms with Gasteiger partial charge in [0, 0.05) is 13.1 Å². The van der Waals surface area contributed by atoms with Gasteiger partial charge in [0.15, 0.2) is 0 Å². The number of H-pyrrole nitrogens is 1. The van der Waals surface area contributed by atoms with Crippen LogP contribution in [0.15, 0.2) is 11.1 Å². The Morgan fingerprint density at radius 1 is 1.75 bits per heavy atom. The average molecular weight is 243 g/mol. The average Bonchev–Trinajstić information content (AvgIpc) is 2.64. The van der Waals surface area contributed by atoms with Crippen LogP contribution in [0.1, 0.15) is 13.3 Å². The van der Waals surface area contributed by atoms with E-state index in [1.165, 1.54) is 7.05 Å². The topological polar surface area (TPSA) is 116 Å². The van der Waals surface area contributed by atoms with Gasteiger partial charge in [0.1, 0.15) is 10.7 Å². The fourth-order valence-electron chi connectivity index (χ4n) is 1.14. The lowest BCUT2D eigenvalue weighted by Gasteiger charge is -2.21. The van der Waals surface area contributed by atoms with E-state index in [0.717, 1.165) is 10.5 Å². The second kappa shape index (κ2) is 4.51.